The van der Waals surface area contributed by atoms with Crippen LogP contribution in [0.4, 0.5) is 0 Å². The van der Waals surface area contributed by atoms with Gasteiger partial charge in [-0.15, -0.1) is 0 Å². The normalized spacial score (nSPS) is 10.1. The van der Waals surface area contributed by atoms with Crippen LogP contribution < -0.4 is 10.5 Å². The van der Waals surface area contributed by atoms with E-state index in [0.717, 1.165) is 11.3 Å². The molecule has 0 spiro atoms. The zero-order chi connectivity index (χ0) is 13.0. The van der Waals surface area contributed by atoms with E-state index in [1.807, 2.05) is 37.3 Å². The minimum Gasteiger partial charge on any atom is -0.494 e. The number of rotatable bonds is 4. The average molecular weight is 242 g/mol. The summed E-state index contributed by atoms with van der Waals surface area (Å²) in [5, 5.41) is 0. The third kappa shape index (κ3) is 2.66. The van der Waals surface area contributed by atoms with Crippen LogP contribution in [0.1, 0.15) is 17.4 Å². The molecule has 0 unspecified atom stereocenters. The Balaban J connectivity index is 2.30. The highest BCUT2D eigenvalue weighted by atomic mass is 16.5. The molecule has 0 bridgehead atoms. The minimum atomic E-state index is -0.525. The van der Waals surface area contributed by atoms with Crippen molar-refractivity contribution in [3.63, 3.8) is 0 Å². The molecule has 4 heteroatoms. The Bertz CT molecular complexity index is 550. The predicted octanol–water partition coefficient (Wildman–Crippen LogP) is 2.25. The highest BCUT2D eigenvalue weighted by molar-refractivity contribution is 5.91. The third-order valence-electron chi connectivity index (χ3n) is 2.46. The Kier molecular flexibility index (Phi) is 3.57. The minimum absolute atomic E-state index is 0.265. The fourth-order valence-corrected chi connectivity index (χ4v) is 1.62. The first kappa shape index (κ1) is 12.1. The second kappa shape index (κ2) is 5.31. The van der Waals surface area contributed by atoms with E-state index in [1.165, 1.54) is 0 Å². The summed E-state index contributed by atoms with van der Waals surface area (Å²) in [6.45, 7) is 2.57. The molecule has 18 heavy (non-hydrogen) atoms. The van der Waals surface area contributed by atoms with E-state index in [4.69, 9.17) is 10.5 Å². The molecule has 0 aliphatic heterocycles. The van der Waals surface area contributed by atoms with Gasteiger partial charge in [-0.3, -0.25) is 4.79 Å². The number of ether oxygens (including phenoxy) is 1. The molecule has 0 saturated carbocycles. The molecule has 0 fully saturated rings. The number of aromatic nitrogens is 1. The summed E-state index contributed by atoms with van der Waals surface area (Å²) in [5.74, 6) is 0.287. The number of carbonyl (C=O) groups is 1. The zero-order valence-electron chi connectivity index (χ0n) is 10.1. The van der Waals surface area contributed by atoms with Crippen molar-refractivity contribution in [3.8, 4) is 17.0 Å². The smallest absolute Gasteiger partial charge is 0.267 e. The molecule has 0 saturated heterocycles. The highest BCUT2D eigenvalue weighted by Crippen LogP contribution is 2.20. The van der Waals surface area contributed by atoms with Crippen LogP contribution in [0, 0.1) is 0 Å². The Morgan fingerprint density at radius 3 is 2.56 bits per heavy atom. The molecule has 0 atom stereocenters. The van der Waals surface area contributed by atoms with Crippen LogP contribution in [-0.4, -0.2) is 17.5 Å². The molecule has 2 aromatic rings. The van der Waals surface area contributed by atoms with Crippen LogP contribution in [0.15, 0.2) is 42.5 Å². The van der Waals surface area contributed by atoms with Crippen LogP contribution in [0.3, 0.4) is 0 Å². The van der Waals surface area contributed by atoms with Crippen LogP contribution in [-0.2, 0) is 0 Å². The number of hydrogen-bond acceptors (Lipinski definition) is 3. The van der Waals surface area contributed by atoms with Crippen molar-refractivity contribution in [1.82, 2.24) is 4.98 Å². The Hall–Kier alpha value is -2.36. The van der Waals surface area contributed by atoms with E-state index in [1.54, 1.807) is 12.1 Å². The van der Waals surface area contributed by atoms with Gasteiger partial charge in [0, 0.05) is 5.56 Å². The predicted molar refractivity (Wildman–Crippen MR) is 69.4 cm³/mol. The highest BCUT2D eigenvalue weighted by Gasteiger charge is 2.05. The van der Waals surface area contributed by atoms with Crippen LogP contribution >= 0.6 is 0 Å². The van der Waals surface area contributed by atoms with Crippen molar-refractivity contribution < 1.29 is 9.53 Å². The van der Waals surface area contributed by atoms with Crippen LogP contribution in [0.5, 0.6) is 5.75 Å². The monoisotopic (exact) mass is 242 g/mol. The molecule has 1 aromatic carbocycles. The number of primary amides is 1. The summed E-state index contributed by atoms with van der Waals surface area (Å²) in [4.78, 5) is 15.3. The first-order chi connectivity index (χ1) is 8.70. The van der Waals surface area contributed by atoms with Gasteiger partial charge in [0.15, 0.2) is 0 Å². The molecule has 0 aliphatic carbocycles. The average Bonchev–Trinajstić information content (AvgIpc) is 2.40. The number of nitrogens with zero attached hydrogens (tertiary/aromatic N) is 1. The SMILES string of the molecule is CCOc1ccc(-c2cccc(C(N)=O)n2)cc1. The quantitative estimate of drug-likeness (QED) is 0.894. The van der Waals surface area contributed by atoms with Gasteiger partial charge in [0.2, 0.25) is 0 Å². The van der Waals surface area contributed by atoms with E-state index in [0.29, 0.717) is 12.3 Å². The Morgan fingerprint density at radius 1 is 1.22 bits per heavy atom. The summed E-state index contributed by atoms with van der Waals surface area (Å²) < 4.78 is 5.36. The second-order valence-corrected chi connectivity index (χ2v) is 3.73. The standard InChI is InChI=1S/C14H14N2O2/c1-2-18-11-8-6-10(7-9-11)12-4-3-5-13(16-12)14(15)17/h3-9H,2H2,1H3,(H2,15,17). The van der Waals surface area contributed by atoms with Crippen molar-refractivity contribution in [3.05, 3.63) is 48.2 Å². The van der Waals surface area contributed by atoms with Crippen molar-refractivity contribution in [2.45, 2.75) is 6.92 Å². The van der Waals surface area contributed by atoms with E-state index < -0.39 is 5.91 Å². The summed E-state index contributed by atoms with van der Waals surface area (Å²) in [6, 6.07) is 12.7. The molecule has 0 radical (unpaired) electrons. The van der Waals surface area contributed by atoms with Crippen LogP contribution in [0.25, 0.3) is 11.3 Å². The van der Waals surface area contributed by atoms with E-state index in [-0.39, 0.29) is 5.69 Å². The fraction of sp³-hybridized carbons (Fsp3) is 0.143. The fourth-order valence-electron chi connectivity index (χ4n) is 1.62. The van der Waals surface area contributed by atoms with Crippen molar-refractivity contribution in [1.29, 1.82) is 0 Å². The summed E-state index contributed by atoms with van der Waals surface area (Å²) in [6.07, 6.45) is 0. The number of hydrogen-bond donors (Lipinski definition) is 1. The van der Waals surface area contributed by atoms with Crippen molar-refractivity contribution in [2.24, 2.45) is 5.73 Å². The lowest BCUT2D eigenvalue weighted by molar-refractivity contribution is 0.0995. The molecule has 4 nitrogen and oxygen atoms in total. The molecule has 2 N–H and O–H groups in total. The van der Waals surface area contributed by atoms with Crippen LogP contribution in [0.2, 0.25) is 0 Å². The zero-order valence-corrected chi connectivity index (χ0v) is 10.1. The van der Waals surface area contributed by atoms with Crippen molar-refractivity contribution >= 4 is 5.91 Å². The van der Waals surface area contributed by atoms with Gasteiger partial charge in [-0.1, -0.05) is 6.07 Å². The molecule has 1 aromatic heterocycles. The first-order valence-corrected chi connectivity index (χ1v) is 5.71. The van der Waals surface area contributed by atoms with E-state index in [9.17, 15) is 4.79 Å². The molecule has 1 amide bonds. The molecule has 92 valence electrons. The molecule has 2 rings (SSSR count). The van der Waals surface area contributed by atoms with Gasteiger partial charge >= 0.3 is 0 Å². The Morgan fingerprint density at radius 2 is 1.94 bits per heavy atom. The van der Waals surface area contributed by atoms with Gasteiger partial charge in [-0.2, -0.15) is 0 Å². The first-order valence-electron chi connectivity index (χ1n) is 5.71. The number of nitrogens with two attached hydrogens (primary N) is 1. The lowest BCUT2D eigenvalue weighted by Crippen LogP contribution is -2.12. The maximum absolute atomic E-state index is 11.1. The molecule has 1 heterocycles. The van der Waals surface area contributed by atoms with Gasteiger partial charge in [0.05, 0.1) is 12.3 Å². The number of amides is 1. The number of pyridine rings is 1. The molecular formula is C14H14N2O2. The number of benzene rings is 1. The maximum Gasteiger partial charge on any atom is 0.267 e. The lowest BCUT2D eigenvalue weighted by Gasteiger charge is -2.05. The van der Waals surface area contributed by atoms with Gasteiger partial charge < -0.3 is 10.5 Å². The largest absolute Gasteiger partial charge is 0.494 e. The topological polar surface area (TPSA) is 65.2 Å². The van der Waals surface area contributed by atoms with Gasteiger partial charge in [-0.25, -0.2) is 4.98 Å². The summed E-state index contributed by atoms with van der Waals surface area (Å²) >= 11 is 0. The molecular weight excluding hydrogens is 228 g/mol. The van der Waals surface area contributed by atoms with Gasteiger partial charge in [0.25, 0.3) is 5.91 Å². The third-order valence-corrected chi connectivity index (χ3v) is 2.46. The summed E-state index contributed by atoms with van der Waals surface area (Å²) in [5.41, 5.74) is 7.10. The van der Waals surface area contributed by atoms with Gasteiger partial charge in [-0.05, 0) is 43.3 Å². The summed E-state index contributed by atoms with van der Waals surface area (Å²) in [7, 11) is 0. The maximum atomic E-state index is 11.1. The van der Waals surface area contributed by atoms with Gasteiger partial charge in [0.1, 0.15) is 11.4 Å². The van der Waals surface area contributed by atoms with E-state index in [2.05, 4.69) is 4.98 Å². The lowest BCUT2D eigenvalue weighted by atomic mass is 10.1. The van der Waals surface area contributed by atoms with E-state index >= 15 is 0 Å². The Labute approximate surface area is 105 Å². The number of carbonyl (C=O) groups excluding carboxylic acids is 1. The molecule has 0 aliphatic rings. The second-order valence-electron chi connectivity index (χ2n) is 3.73. The van der Waals surface area contributed by atoms with Crippen molar-refractivity contribution in [2.75, 3.05) is 6.61 Å².